The van der Waals surface area contributed by atoms with Crippen LogP contribution >= 0.6 is 0 Å². The molecule has 0 fully saturated rings. The highest BCUT2D eigenvalue weighted by Gasteiger charge is 1.97. The number of hydrogen-bond donors (Lipinski definition) is 2. The van der Waals surface area contributed by atoms with Crippen molar-refractivity contribution in [1.29, 1.82) is 10.8 Å². The first-order valence-corrected chi connectivity index (χ1v) is 3.31. The minimum absolute atomic E-state index is 0.145. The lowest BCUT2D eigenvalue weighted by Crippen LogP contribution is -1.97. The third-order valence-corrected chi connectivity index (χ3v) is 1.14. The molecule has 0 aliphatic carbocycles. The Hall–Kier alpha value is -0.990. The maximum absolute atomic E-state index is 10.8. The van der Waals surface area contributed by atoms with Gasteiger partial charge in [-0.15, -0.1) is 0 Å². The maximum atomic E-state index is 10.8. The van der Waals surface area contributed by atoms with Crippen LogP contribution in [0.3, 0.4) is 0 Å². The Kier molecular flexibility index (Phi) is 5.53. The zero-order valence-electron chi connectivity index (χ0n) is 5.89. The van der Waals surface area contributed by atoms with Crippen molar-refractivity contribution < 1.29 is 4.79 Å². The molecule has 0 aliphatic rings. The van der Waals surface area contributed by atoms with E-state index in [1.807, 2.05) is 0 Å². The van der Waals surface area contributed by atoms with Crippen LogP contribution in [0.1, 0.15) is 25.7 Å². The van der Waals surface area contributed by atoms with Crippen molar-refractivity contribution in [2.45, 2.75) is 25.7 Å². The van der Waals surface area contributed by atoms with Gasteiger partial charge in [0.25, 0.3) is 0 Å². The fourth-order valence-corrected chi connectivity index (χ4v) is 0.591. The molecule has 3 heteroatoms. The average molecular weight is 140 g/mol. The molecule has 0 radical (unpaired) electrons. The van der Waals surface area contributed by atoms with E-state index < -0.39 is 0 Å². The predicted octanol–water partition coefficient (Wildman–Crippen LogP) is 1.42. The summed E-state index contributed by atoms with van der Waals surface area (Å²) in [5.74, 6) is 0.145. The molecule has 0 heterocycles. The summed E-state index contributed by atoms with van der Waals surface area (Å²) in [6, 6.07) is 0. The smallest absolute Gasteiger partial charge is 0.133 e. The van der Waals surface area contributed by atoms with Gasteiger partial charge in [0.2, 0.25) is 0 Å². The predicted molar refractivity (Wildman–Crippen MR) is 41.0 cm³/mol. The van der Waals surface area contributed by atoms with Crippen molar-refractivity contribution >= 4 is 18.2 Å². The second-order valence-corrected chi connectivity index (χ2v) is 2.02. The minimum Gasteiger partial charge on any atom is -0.313 e. The van der Waals surface area contributed by atoms with Crippen molar-refractivity contribution in [2.24, 2.45) is 0 Å². The van der Waals surface area contributed by atoms with Gasteiger partial charge < -0.3 is 10.8 Å². The largest absolute Gasteiger partial charge is 0.313 e. The molecule has 0 aliphatic heterocycles. The summed E-state index contributed by atoms with van der Waals surface area (Å²) < 4.78 is 0. The molecule has 0 aromatic rings. The van der Waals surface area contributed by atoms with E-state index in [0.29, 0.717) is 25.7 Å². The Morgan fingerprint density at radius 2 is 1.50 bits per heavy atom. The van der Waals surface area contributed by atoms with E-state index in [9.17, 15) is 4.79 Å². The fourth-order valence-electron chi connectivity index (χ4n) is 0.591. The Morgan fingerprint density at radius 3 is 1.80 bits per heavy atom. The first kappa shape index (κ1) is 9.01. The number of ketones is 1. The Balaban J connectivity index is 3.24. The first-order chi connectivity index (χ1) is 4.81. The number of rotatable bonds is 6. The third-order valence-electron chi connectivity index (χ3n) is 1.14. The van der Waals surface area contributed by atoms with Gasteiger partial charge in [0, 0.05) is 12.8 Å². The SMILES string of the molecule is N=CCCC(=O)CCC=N. The second kappa shape index (κ2) is 6.13. The highest BCUT2D eigenvalue weighted by atomic mass is 16.1. The minimum atomic E-state index is 0.145. The highest BCUT2D eigenvalue weighted by Crippen LogP contribution is 1.94. The van der Waals surface area contributed by atoms with E-state index in [-0.39, 0.29) is 5.78 Å². The highest BCUT2D eigenvalue weighted by molar-refractivity contribution is 5.82. The van der Waals surface area contributed by atoms with E-state index >= 15 is 0 Å². The molecule has 3 nitrogen and oxygen atoms in total. The van der Waals surface area contributed by atoms with Crippen LogP contribution in [0.4, 0.5) is 0 Å². The molecule has 0 bridgehead atoms. The topological polar surface area (TPSA) is 64.8 Å². The summed E-state index contributed by atoms with van der Waals surface area (Å²) in [5, 5.41) is 13.3. The quantitative estimate of drug-likeness (QED) is 0.538. The average Bonchev–Trinajstić information content (AvgIpc) is 1.97. The van der Waals surface area contributed by atoms with Crippen molar-refractivity contribution in [3.05, 3.63) is 0 Å². The number of hydrogen-bond acceptors (Lipinski definition) is 3. The normalized spacial score (nSPS) is 8.80. The van der Waals surface area contributed by atoms with Crippen LogP contribution in [0.2, 0.25) is 0 Å². The number of carbonyl (C=O) groups excluding carboxylic acids is 1. The van der Waals surface area contributed by atoms with Crippen LogP contribution in [-0.4, -0.2) is 18.2 Å². The molecule has 2 N–H and O–H groups in total. The standard InChI is InChI=1S/C7H12N2O/c8-5-1-3-7(10)4-2-6-9/h5-6,8-9H,1-4H2. The molecule has 0 aromatic heterocycles. The van der Waals surface area contributed by atoms with E-state index in [0.717, 1.165) is 0 Å². The van der Waals surface area contributed by atoms with E-state index in [1.165, 1.54) is 12.4 Å². The lowest BCUT2D eigenvalue weighted by molar-refractivity contribution is -0.118. The molecule has 56 valence electrons. The van der Waals surface area contributed by atoms with Gasteiger partial charge in [0.1, 0.15) is 5.78 Å². The van der Waals surface area contributed by atoms with Crippen LogP contribution < -0.4 is 0 Å². The van der Waals surface area contributed by atoms with Crippen LogP contribution in [-0.2, 0) is 4.79 Å². The first-order valence-electron chi connectivity index (χ1n) is 3.31. The van der Waals surface area contributed by atoms with Gasteiger partial charge in [-0.25, -0.2) is 0 Å². The molecule has 10 heavy (non-hydrogen) atoms. The van der Waals surface area contributed by atoms with Crippen LogP contribution in [0, 0.1) is 10.8 Å². The summed E-state index contributed by atoms with van der Waals surface area (Å²) in [6.07, 6.45) is 4.47. The van der Waals surface area contributed by atoms with Crippen LogP contribution in [0.25, 0.3) is 0 Å². The van der Waals surface area contributed by atoms with Crippen LogP contribution in [0.5, 0.6) is 0 Å². The summed E-state index contributed by atoms with van der Waals surface area (Å²) in [7, 11) is 0. The third kappa shape index (κ3) is 5.15. The second-order valence-electron chi connectivity index (χ2n) is 2.02. The van der Waals surface area contributed by atoms with E-state index in [1.54, 1.807) is 0 Å². The van der Waals surface area contributed by atoms with Gasteiger partial charge in [0.05, 0.1) is 0 Å². The number of nitrogens with one attached hydrogen (secondary N) is 2. The zero-order chi connectivity index (χ0) is 7.82. The molecule has 0 atom stereocenters. The lowest BCUT2D eigenvalue weighted by atomic mass is 10.1. The molecule has 0 aromatic carbocycles. The zero-order valence-corrected chi connectivity index (χ0v) is 5.89. The van der Waals surface area contributed by atoms with E-state index in [2.05, 4.69) is 0 Å². The Labute approximate surface area is 60.5 Å². The molecule has 0 amide bonds. The van der Waals surface area contributed by atoms with E-state index in [4.69, 9.17) is 10.8 Å². The summed E-state index contributed by atoms with van der Waals surface area (Å²) in [4.78, 5) is 10.8. The molecule has 0 saturated heterocycles. The van der Waals surface area contributed by atoms with Crippen molar-refractivity contribution in [3.63, 3.8) is 0 Å². The number of carbonyl (C=O) groups is 1. The summed E-state index contributed by atoms with van der Waals surface area (Å²) >= 11 is 0. The van der Waals surface area contributed by atoms with Crippen molar-refractivity contribution in [3.8, 4) is 0 Å². The van der Waals surface area contributed by atoms with Gasteiger partial charge in [-0.2, -0.15) is 0 Å². The van der Waals surface area contributed by atoms with Gasteiger partial charge in [0.15, 0.2) is 0 Å². The monoisotopic (exact) mass is 140 g/mol. The van der Waals surface area contributed by atoms with Gasteiger partial charge in [-0.1, -0.05) is 0 Å². The molecular formula is C7H12N2O. The molecule has 0 rings (SSSR count). The van der Waals surface area contributed by atoms with Gasteiger partial charge in [-0.05, 0) is 25.3 Å². The van der Waals surface area contributed by atoms with Gasteiger partial charge in [-0.3, -0.25) is 4.79 Å². The van der Waals surface area contributed by atoms with Crippen LogP contribution in [0.15, 0.2) is 0 Å². The van der Waals surface area contributed by atoms with Gasteiger partial charge >= 0.3 is 0 Å². The molecule has 0 spiro atoms. The fraction of sp³-hybridized carbons (Fsp3) is 0.571. The Morgan fingerprint density at radius 1 is 1.10 bits per heavy atom. The lowest BCUT2D eigenvalue weighted by Gasteiger charge is -1.92. The van der Waals surface area contributed by atoms with Crippen molar-refractivity contribution in [2.75, 3.05) is 0 Å². The molecular weight excluding hydrogens is 128 g/mol. The molecule has 0 saturated carbocycles. The number of Topliss-reactive ketones (excluding diaryl/α,β-unsaturated/α-hetero) is 1. The summed E-state index contributed by atoms with van der Waals surface area (Å²) in [6.45, 7) is 0. The Bertz CT molecular complexity index is 118. The van der Waals surface area contributed by atoms with Crippen molar-refractivity contribution in [1.82, 2.24) is 0 Å². The maximum Gasteiger partial charge on any atom is 0.133 e. The molecule has 0 unspecified atom stereocenters. The summed E-state index contributed by atoms with van der Waals surface area (Å²) in [5.41, 5.74) is 0.